The highest BCUT2D eigenvalue weighted by Crippen LogP contribution is 2.17. The Bertz CT molecular complexity index is 182. The van der Waals surface area contributed by atoms with E-state index in [-0.39, 0.29) is 6.54 Å². The molecule has 0 saturated carbocycles. The van der Waals surface area contributed by atoms with Crippen LogP contribution in [0.5, 0.6) is 0 Å². The van der Waals surface area contributed by atoms with Gasteiger partial charge in [-0.15, -0.1) is 0 Å². The van der Waals surface area contributed by atoms with Crippen LogP contribution in [-0.2, 0) is 4.79 Å². The quantitative estimate of drug-likeness (QED) is 0.676. The van der Waals surface area contributed by atoms with Crippen molar-refractivity contribution < 1.29 is 9.90 Å². The molecule has 0 fully saturated rings. The van der Waals surface area contributed by atoms with Crippen LogP contribution < -0.4 is 0 Å². The third-order valence-electron chi connectivity index (χ3n) is 3.10. The smallest absolute Gasteiger partial charge is 0.317 e. The molecule has 0 aliphatic carbocycles. The first-order chi connectivity index (χ1) is 7.04. The SMILES string of the molecule is CCC(C)CC(CC)N(CC)CC(=O)O. The molecule has 0 bridgehead atoms. The minimum Gasteiger partial charge on any atom is -0.480 e. The van der Waals surface area contributed by atoms with Crippen molar-refractivity contribution >= 4 is 5.97 Å². The molecule has 3 heteroatoms. The van der Waals surface area contributed by atoms with Crippen molar-refractivity contribution in [2.24, 2.45) is 5.92 Å². The summed E-state index contributed by atoms with van der Waals surface area (Å²) in [6, 6.07) is 0.418. The van der Waals surface area contributed by atoms with Gasteiger partial charge in [-0.05, 0) is 25.3 Å². The van der Waals surface area contributed by atoms with E-state index in [2.05, 4.69) is 25.7 Å². The molecule has 0 aliphatic rings. The minimum absolute atomic E-state index is 0.172. The molecule has 0 saturated heterocycles. The van der Waals surface area contributed by atoms with Gasteiger partial charge in [0.2, 0.25) is 0 Å². The zero-order valence-electron chi connectivity index (χ0n) is 10.5. The van der Waals surface area contributed by atoms with Crippen molar-refractivity contribution in [1.82, 2.24) is 4.90 Å². The molecule has 0 aliphatic heterocycles. The molecule has 0 aromatic heterocycles. The lowest BCUT2D eigenvalue weighted by atomic mass is 9.96. The van der Waals surface area contributed by atoms with Crippen LogP contribution in [0.3, 0.4) is 0 Å². The summed E-state index contributed by atoms with van der Waals surface area (Å²) >= 11 is 0. The van der Waals surface area contributed by atoms with Crippen LogP contribution in [0.25, 0.3) is 0 Å². The second-order valence-corrected chi connectivity index (χ2v) is 4.27. The average molecular weight is 215 g/mol. The molecule has 0 rings (SSSR count). The first kappa shape index (κ1) is 14.4. The fourth-order valence-corrected chi connectivity index (χ4v) is 1.88. The number of nitrogens with zero attached hydrogens (tertiary/aromatic N) is 1. The lowest BCUT2D eigenvalue weighted by Crippen LogP contribution is -2.39. The van der Waals surface area contributed by atoms with Gasteiger partial charge in [-0.1, -0.05) is 34.1 Å². The van der Waals surface area contributed by atoms with E-state index in [1.807, 2.05) is 6.92 Å². The van der Waals surface area contributed by atoms with Gasteiger partial charge in [0.1, 0.15) is 0 Å². The molecule has 2 unspecified atom stereocenters. The van der Waals surface area contributed by atoms with E-state index in [4.69, 9.17) is 5.11 Å². The molecule has 15 heavy (non-hydrogen) atoms. The van der Waals surface area contributed by atoms with Crippen LogP contribution in [0.4, 0.5) is 0 Å². The Morgan fingerprint density at radius 3 is 2.20 bits per heavy atom. The number of hydrogen-bond acceptors (Lipinski definition) is 2. The maximum Gasteiger partial charge on any atom is 0.317 e. The van der Waals surface area contributed by atoms with E-state index in [0.717, 1.165) is 19.4 Å². The first-order valence-electron chi connectivity index (χ1n) is 6.00. The fraction of sp³-hybridized carbons (Fsp3) is 0.917. The maximum atomic E-state index is 10.7. The minimum atomic E-state index is -0.723. The molecule has 0 aromatic carbocycles. The van der Waals surface area contributed by atoms with Gasteiger partial charge in [-0.3, -0.25) is 9.69 Å². The van der Waals surface area contributed by atoms with E-state index in [1.165, 1.54) is 6.42 Å². The summed E-state index contributed by atoms with van der Waals surface area (Å²) in [7, 11) is 0. The molecule has 3 nitrogen and oxygen atoms in total. The Labute approximate surface area is 93.5 Å². The topological polar surface area (TPSA) is 40.5 Å². The van der Waals surface area contributed by atoms with Gasteiger partial charge >= 0.3 is 5.97 Å². The van der Waals surface area contributed by atoms with E-state index in [9.17, 15) is 4.79 Å². The molecular formula is C12H25NO2. The maximum absolute atomic E-state index is 10.7. The van der Waals surface area contributed by atoms with Crippen LogP contribution in [0.15, 0.2) is 0 Å². The number of carboxylic acids is 1. The van der Waals surface area contributed by atoms with Gasteiger partial charge in [-0.25, -0.2) is 0 Å². The van der Waals surface area contributed by atoms with Gasteiger partial charge in [0.25, 0.3) is 0 Å². The molecule has 0 amide bonds. The van der Waals surface area contributed by atoms with E-state index >= 15 is 0 Å². The average Bonchev–Trinajstić information content (AvgIpc) is 2.22. The molecule has 0 aromatic rings. The zero-order valence-corrected chi connectivity index (χ0v) is 10.5. The Hall–Kier alpha value is -0.570. The lowest BCUT2D eigenvalue weighted by molar-refractivity contribution is -0.139. The Morgan fingerprint density at radius 2 is 1.87 bits per heavy atom. The summed E-state index contributed by atoms with van der Waals surface area (Å²) in [6.07, 6.45) is 3.31. The second-order valence-electron chi connectivity index (χ2n) is 4.27. The number of likely N-dealkylation sites (N-methyl/N-ethyl adjacent to an activating group) is 1. The normalized spacial score (nSPS) is 15.3. The number of carboxylic acid groups (broad SMARTS) is 1. The number of rotatable bonds is 8. The third-order valence-corrected chi connectivity index (χ3v) is 3.10. The predicted octanol–water partition coefficient (Wildman–Crippen LogP) is 2.61. The van der Waals surface area contributed by atoms with Crippen molar-refractivity contribution in [2.75, 3.05) is 13.1 Å². The van der Waals surface area contributed by atoms with Gasteiger partial charge < -0.3 is 5.11 Å². The number of carbonyl (C=O) groups is 1. The standard InChI is InChI=1S/C12H25NO2/c1-5-10(4)8-11(6-2)13(7-3)9-12(14)15/h10-11H,5-9H2,1-4H3,(H,14,15). The molecule has 1 N–H and O–H groups in total. The van der Waals surface area contributed by atoms with Crippen LogP contribution in [-0.4, -0.2) is 35.1 Å². The molecule has 0 heterocycles. The highest BCUT2D eigenvalue weighted by molar-refractivity contribution is 5.69. The van der Waals surface area contributed by atoms with Gasteiger partial charge in [-0.2, -0.15) is 0 Å². The fourth-order valence-electron chi connectivity index (χ4n) is 1.88. The highest BCUT2D eigenvalue weighted by Gasteiger charge is 2.19. The van der Waals surface area contributed by atoms with Crippen molar-refractivity contribution in [3.05, 3.63) is 0 Å². The van der Waals surface area contributed by atoms with Crippen molar-refractivity contribution in [2.45, 2.75) is 53.0 Å². The van der Waals surface area contributed by atoms with E-state index in [0.29, 0.717) is 12.0 Å². The molecule has 0 spiro atoms. The number of hydrogen-bond donors (Lipinski definition) is 1. The molecule has 0 radical (unpaired) electrons. The van der Waals surface area contributed by atoms with E-state index < -0.39 is 5.97 Å². The van der Waals surface area contributed by atoms with Crippen LogP contribution in [0.1, 0.15) is 47.0 Å². The van der Waals surface area contributed by atoms with Gasteiger partial charge in [0, 0.05) is 6.04 Å². The first-order valence-corrected chi connectivity index (χ1v) is 6.00. The van der Waals surface area contributed by atoms with Crippen LogP contribution in [0.2, 0.25) is 0 Å². The summed E-state index contributed by atoms with van der Waals surface area (Å²) in [5.41, 5.74) is 0. The Kier molecular flexibility index (Phi) is 7.39. The summed E-state index contributed by atoms with van der Waals surface area (Å²) in [5.74, 6) is -0.0442. The molecule has 2 atom stereocenters. The van der Waals surface area contributed by atoms with Crippen LogP contribution >= 0.6 is 0 Å². The van der Waals surface area contributed by atoms with Gasteiger partial charge in [0.05, 0.1) is 6.54 Å². The molecular weight excluding hydrogens is 190 g/mol. The summed E-state index contributed by atoms with van der Waals surface area (Å²) in [5, 5.41) is 8.81. The Balaban J connectivity index is 4.26. The van der Waals surface area contributed by atoms with Crippen molar-refractivity contribution in [3.8, 4) is 0 Å². The summed E-state index contributed by atoms with van der Waals surface area (Å²) < 4.78 is 0. The highest BCUT2D eigenvalue weighted by atomic mass is 16.4. The second kappa shape index (κ2) is 7.69. The molecule has 90 valence electrons. The monoisotopic (exact) mass is 215 g/mol. The zero-order chi connectivity index (χ0) is 11.8. The lowest BCUT2D eigenvalue weighted by Gasteiger charge is -2.30. The van der Waals surface area contributed by atoms with E-state index in [1.54, 1.807) is 0 Å². The predicted molar refractivity (Wildman–Crippen MR) is 63.0 cm³/mol. The largest absolute Gasteiger partial charge is 0.480 e. The number of aliphatic carboxylic acids is 1. The summed E-state index contributed by atoms with van der Waals surface area (Å²) in [6.45, 7) is 9.58. The summed E-state index contributed by atoms with van der Waals surface area (Å²) in [4.78, 5) is 12.8. The Morgan fingerprint density at radius 1 is 1.27 bits per heavy atom. The van der Waals surface area contributed by atoms with Crippen LogP contribution in [0, 0.1) is 5.92 Å². The van der Waals surface area contributed by atoms with Crippen molar-refractivity contribution in [1.29, 1.82) is 0 Å². The van der Waals surface area contributed by atoms with Crippen molar-refractivity contribution in [3.63, 3.8) is 0 Å². The van der Waals surface area contributed by atoms with Gasteiger partial charge in [0.15, 0.2) is 0 Å². The third kappa shape index (κ3) is 5.78.